The van der Waals surface area contributed by atoms with Gasteiger partial charge in [0.05, 0.1) is 13.2 Å². The Kier molecular flexibility index (Phi) is 3.32. The van der Waals surface area contributed by atoms with E-state index in [2.05, 4.69) is 0 Å². The van der Waals surface area contributed by atoms with Crippen LogP contribution in [0.5, 0.6) is 0 Å². The molecule has 3 rings (SSSR count). The molecule has 5 heteroatoms. The van der Waals surface area contributed by atoms with Gasteiger partial charge in [-0.2, -0.15) is 0 Å². The Morgan fingerprint density at radius 3 is 2.72 bits per heavy atom. The van der Waals surface area contributed by atoms with Crippen LogP contribution in [0.25, 0.3) is 0 Å². The first-order chi connectivity index (χ1) is 8.75. The van der Waals surface area contributed by atoms with Crippen LogP contribution in [0.15, 0.2) is 30.3 Å². The summed E-state index contributed by atoms with van der Waals surface area (Å²) in [5.74, 6) is 0. The smallest absolute Gasteiger partial charge is 0.186 e. The maximum Gasteiger partial charge on any atom is 0.186 e. The van der Waals surface area contributed by atoms with E-state index in [1.54, 1.807) is 0 Å². The van der Waals surface area contributed by atoms with Gasteiger partial charge in [-0.1, -0.05) is 30.3 Å². The molecule has 2 saturated heterocycles. The van der Waals surface area contributed by atoms with Crippen LogP contribution >= 0.6 is 0 Å². The van der Waals surface area contributed by atoms with Crippen molar-refractivity contribution in [2.75, 3.05) is 6.61 Å². The predicted octanol–water partition coefficient (Wildman–Crippen LogP) is 0.0487. The van der Waals surface area contributed by atoms with E-state index in [1.165, 1.54) is 0 Å². The van der Waals surface area contributed by atoms with Crippen LogP contribution in [0.4, 0.5) is 0 Å². The fraction of sp³-hybridized carbons (Fsp3) is 0.538. The maximum absolute atomic E-state index is 10.0. The summed E-state index contributed by atoms with van der Waals surface area (Å²) in [5.41, 5.74) is 0.997. The summed E-state index contributed by atoms with van der Waals surface area (Å²) in [5, 5.41) is 20.0. The van der Waals surface area contributed by atoms with Crippen molar-refractivity contribution < 1.29 is 24.4 Å². The molecule has 0 radical (unpaired) electrons. The van der Waals surface area contributed by atoms with E-state index in [0.29, 0.717) is 13.2 Å². The van der Waals surface area contributed by atoms with Crippen molar-refractivity contribution >= 4 is 0 Å². The van der Waals surface area contributed by atoms with Crippen molar-refractivity contribution in [3.05, 3.63) is 35.9 Å². The first-order valence-corrected chi connectivity index (χ1v) is 6.04. The van der Waals surface area contributed by atoms with Crippen molar-refractivity contribution in [3.63, 3.8) is 0 Å². The number of aliphatic hydroxyl groups excluding tert-OH is 2. The summed E-state index contributed by atoms with van der Waals surface area (Å²) in [7, 11) is 0. The van der Waals surface area contributed by atoms with Crippen molar-refractivity contribution in [2.24, 2.45) is 0 Å². The van der Waals surface area contributed by atoms with Crippen LogP contribution in [0, 0.1) is 0 Å². The molecule has 2 fully saturated rings. The summed E-state index contributed by atoms with van der Waals surface area (Å²) in [4.78, 5) is 0. The van der Waals surface area contributed by atoms with Gasteiger partial charge in [0.2, 0.25) is 0 Å². The highest BCUT2D eigenvalue weighted by atomic mass is 16.7. The summed E-state index contributed by atoms with van der Waals surface area (Å²) in [6.45, 7) is 0.646. The van der Waals surface area contributed by atoms with Crippen molar-refractivity contribution in [1.82, 2.24) is 0 Å². The molecular weight excluding hydrogens is 236 g/mol. The highest BCUT2D eigenvalue weighted by Crippen LogP contribution is 2.30. The number of fused-ring (bicyclic) bond motifs is 2. The lowest BCUT2D eigenvalue weighted by Crippen LogP contribution is -2.54. The molecule has 5 atom stereocenters. The molecule has 2 bridgehead atoms. The molecule has 2 aliphatic heterocycles. The Balaban J connectivity index is 1.65. The van der Waals surface area contributed by atoms with Gasteiger partial charge in [-0.05, 0) is 5.56 Å². The highest BCUT2D eigenvalue weighted by molar-refractivity contribution is 5.13. The summed E-state index contributed by atoms with van der Waals surface area (Å²) in [6, 6.07) is 9.63. The molecular formula is C13H16O5. The molecule has 0 aromatic heterocycles. The third-order valence-electron chi connectivity index (χ3n) is 3.35. The number of aliphatic hydroxyl groups is 2. The van der Waals surface area contributed by atoms with E-state index < -0.39 is 30.7 Å². The Labute approximate surface area is 105 Å². The van der Waals surface area contributed by atoms with Gasteiger partial charge in [0.1, 0.15) is 24.4 Å². The van der Waals surface area contributed by atoms with Crippen molar-refractivity contribution in [2.45, 2.75) is 37.3 Å². The molecule has 2 heterocycles. The van der Waals surface area contributed by atoms with Crippen molar-refractivity contribution in [3.8, 4) is 0 Å². The number of hydrogen-bond acceptors (Lipinski definition) is 5. The van der Waals surface area contributed by atoms with Crippen LogP contribution in [0.2, 0.25) is 0 Å². The summed E-state index contributed by atoms with van der Waals surface area (Å²) >= 11 is 0. The second-order valence-corrected chi connectivity index (χ2v) is 4.62. The van der Waals surface area contributed by atoms with E-state index in [9.17, 15) is 10.2 Å². The quantitative estimate of drug-likeness (QED) is 0.795. The lowest BCUT2D eigenvalue weighted by molar-refractivity contribution is -0.242. The zero-order chi connectivity index (χ0) is 12.5. The SMILES string of the molecule is O[C@H]1[C@H](OCc2ccccc2)[C@@H](O)C2OC[C@@H]1O2. The van der Waals surface area contributed by atoms with E-state index in [0.717, 1.165) is 5.56 Å². The molecule has 5 nitrogen and oxygen atoms in total. The number of hydrogen-bond donors (Lipinski definition) is 2. The van der Waals surface area contributed by atoms with Gasteiger partial charge in [0.25, 0.3) is 0 Å². The van der Waals surface area contributed by atoms with Crippen LogP contribution in [0.1, 0.15) is 5.56 Å². The number of benzene rings is 1. The molecule has 18 heavy (non-hydrogen) atoms. The van der Waals surface area contributed by atoms with Gasteiger partial charge in [0.15, 0.2) is 6.29 Å². The third-order valence-corrected chi connectivity index (χ3v) is 3.35. The van der Waals surface area contributed by atoms with Gasteiger partial charge in [-0.15, -0.1) is 0 Å². The minimum absolute atomic E-state index is 0.300. The van der Waals surface area contributed by atoms with Gasteiger partial charge >= 0.3 is 0 Å². The average Bonchev–Trinajstić information content (AvgIpc) is 2.85. The largest absolute Gasteiger partial charge is 0.387 e. The minimum atomic E-state index is -0.956. The average molecular weight is 252 g/mol. The monoisotopic (exact) mass is 252 g/mol. The molecule has 0 aliphatic carbocycles. The number of ether oxygens (including phenoxy) is 3. The molecule has 0 amide bonds. The summed E-state index contributed by atoms with van der Waals surface area (Å²) < 4.78 is 16.1. The molecule has 1 aromatic carbocycles. The molecule has 1 unspecified atom stereocenters. The third kappa shape index (κ3) is 2.15. The second-order valence-electron chi connectivity index (χ2n) is 4.62. The Hall–Kier alpha value is -0.980. The van der Waals surface area contributed by atoms with Gasteiger partial charge in [-0.3, -0.25) is 0 Å². The lowest BCUT2D eigenvalue weighted by atomic mass is 10.0. The van der Waals surface area contributed by atoms with Crippen LogP contribution < -0.4 is 0 Å². The zero-order valence-corrected chi connectivity index (χ0v) is 9.81. The van der Waals surface area contributed by atoms with Gasteiger partial charge in [0, 0.05) is 0 Å². The first kappa shape index (κ1) is 12.1. The van der Waals surface area contributed by atoms with E-state index in [1.807, 2.05) is 30.3 Å². The van der Waals surface area contributed by atoms with E-state index >= 15 is 0 Å². The molecule has 2 N–H and O–H groups in total. The lowest BCUT2D eigenvalue weighted by Gasteiger charge is -2.35. The fourth-order valence-corrected chi connectivity index (χ4v) is 2.33. The van der Waals surface area contributed by atoms with Crippen LogP contribution in [-0.2, 0) is 20.8 Å². The normalized spacial score (nSPS) is 38.9. The molecule has 1 aromatic rings. The predicted molar refractivity (Wildman–Crippen MR) is 61.6 cm³/mol. The topological polar surface area (TPSA) is 68.2 Å². The first-order valence-electron chi connectivity index (χ1n) is 6.04. The molecule has 98 valence electrons. The van der Waals surface area contributed by atoms with Gasteiger partial charge in [-0.25, -0.2) is 0 Å². The maximum atomic E-state index is 10.0. The van der Waals surface area contributed by atoms with Crippen LogP contribution in [0.3, 0.4) is 0 Å². The minimum Gasteiger partial charge on any atom is -0.387 e. The highest BCUT2D eigenvalue weighted by Gasteiger charge is 2.50. The van der Waals surface area contributed by atoms with E-state index in [-0.39, 0.29) is 0 Å². The second kappa shape index (κ2) is 4.95. The Bertz CT molecular complexity index is 380. The van der Waals surface area contributed by atoms with Crippen molar-refractivity contribution in [1.29, 1.82) is 0 Å². The standard InChI is InChI=1S/C13H16O5/c14-10-9-7-17-13(18-9)11(15)12(10)16-6-8-4-2-1-3-5-8/h1-5,9-15H,6-7H2/t9-,10+,11+,12-,13?/m0/s1. The Morgan fingerprint density at radius 1 is 1.17 bits per heavy atom. The molecule has 0 spiro atoms. The van der Waals surface area contributed by atoms with Crippen LogP contribution in [-0.4, -0.2) is 47.5 Å². The van der Waals surface area contributed by atoms with E-state index in [4.69, 9.17) is 14.2 Å². The Morgan fingerprint density at radius 2 is 1.94 bits per heavy atom. The summed E-state index contributed by atoms with van der Waals surface area (Å²) in [6.07, 6.45) is -3.57. The number of rotatable bonds is 3. The zero-order valence-electron chi connectivity index (χ0n) is 9.81. The fourth-order valence-electron chi connectivity index (χ4n) is 2.33. The molecule has 0 saturated carbocycles. The van der Waals surface area contributed by atoms with Gasteiger partial charge < -0.3 is 24.4 Å². The molecule has 2 aliphatic rings.